The minimum absolute atomic E-state index is 0.750. The molecule has 0 fully saturated rings. The van der Waals surface area contributed by atoms with Crippen LogP contribution >= 0.6 is 23.4 Å². The monoisotopic (exact) mass is 265 g/mol. The second kappa shape index (κ2) is 5.43. The average Bonchev–Trinajstić information content (AvgIpc) is 2.38. The van der Waals surface area contributed by atoms with Crippen molar-refractivity contribution in [1.82, 2.24) is 4.98 Å². The van der Waals surface area contributed by atoms with E-state index in [1.807, 2.05) is 36.6 Å². The van der Waals surface area contributed by atoms with Crippen LogP contribution in [0.25, 0.3) is 11.3 Å². The van der Waals surface area contributed by atoms with Crippen molar-refractivity contribution in [3.8, 4) is 17.0 Å². The number of hydrogen-bond acceptors (Lipinski definition) is 3. The van der Waals surface area contributed by atoms with E-state index in [0.717, 1.165) is 26.9 Å². The Morgan fingerprint density at radius 3 is 2.82 bits per heavy atom. The van der Waals surface area contributed by atoms with Crippen LogP contribution < -0.4 is 4.74 Å². The fourth-order valence-corrected chi connectivity index (χ4v) is 2.66. The van der Waals surface area contributed by atoms with Crippen molar-refractivity contribution in [1.29, 1.82) is 0 Å². The minimum Gasteiger partial charge on any atom is -0.497 e. The Morgan fingerprint density at radius 1 is 1.29 bits per heavy atom. The summed E-state index contributed by atoms with van der Waals surface area (Å²) in [5.41, 5.74) is 1.90. The number of hydrogen-bond donors (Lipinski definition) is 0. The first-order chi connectivity index (χ1) is 8.26. The number of methoxy groups -OCH3 is 1. The van der Waals surface area contributed by atoms with Gasteiger partial charge in [-0.05, 0) is 18.4 Å². The molecule has 0 saturated heterocycles. The van der Waals surface area contributed by atoms with Crippen LogP contribution in [0.3, 0.4) is 0 Å². The molecule has 0 aliphatic rings. The smallest absolute Gasteiger partial charge is 0.122 e. The molecule has 0 unspecified atom stereocenters. The Kier molecular flexibility index (Phi) is 3.92. The summed E-state index contributed by atoms with van der Waals surface area (Å²) in [4.78, 5) is 5.39. The fraction of sp³-hybridized carbons (Fsp3) is 0.154. The number of halogens is 1. The molecule has 1 heterocycles. The molecule has 0 atom stereocenters. The van der Waals surface area contributed by atoms with Crippen LogP contribution in [0.1, 0.15) is 0 Å². The van der Waals surface area contributed by atoms with Gasteiger partial charge in [-0.3, -0.25) is 4.98 Å². The second-order valence-electron chi connectivity index (χ2n) is 3.40. The molecule has 0 amide bonds. The van der Waals surface area contributed by atoms with E-state index in [0.29, 0.717) is 0 Å². The standard InChI is InChI=1S/C13H12ClNOS/c1-16-9-6-7-15-12(8-9)10-4-3-5-11(14)13(10)17-2/h3-8H,1-2H3. The fourth-order valence-electron chi connectivity index (χ4n) is 1.60. The first kappa shape index (κ1) is 12.3. The van der Waals surface area contributed by atoms with Crippen molar-refractivity contribution in [3.05, 3.63) is 41.6 Å². The molecule has 2 aromatic rings. The summed E-state index contributed by atoms with van der Waals surface area (Å²) in [5, 5.41) is 0.750. The van der Waals surface area contributed by atoms with Crippen LogP contribution in [0.5, 0.6) is 5.75 Å². The molecule has 0 bridgehead atoms. The average molecular weight is 266 g/mol. The summed E-state index contributed by atoms with van der Waals surface area (Å²) in [7, 11) is 1.65. The molecule has 1 aromatic heterocycles. The van der Waals surface area contributed by atoms with Gasteiger partial charge in [0.1, 0.15) is 5.75 Å². The van der Waals surface area contributed by atoms with Crippen LogP contribution in [-0.4, -0.2) is 18.3 Å². The highest BCUT2D eigenvalue weighted by molar-refractivity contribution is 7.98. The number of nitrogens with zero attached hydrogens (tertiary/aromatic N) is 1. The van der Waals surface area contributed by atoms with E-state index in [-0.39, 0.29) is 0 Å². The third-order valence-corrected chi connectivity index (χ3v) is 3.69. The molecule has 0 saturated carbocycles. The van der Waals surface area contributed by atoms with E-state index < -0.39 is 0 Å². The van der Waals surface area contributed by atoms with Gasteiger partial charge in [-0.25, -0.2) is 0 Å². The van der Waals surface area contributed by atoms with Gasteiger partial charge in [0, 0.05) is 22.7 Å². The van der Waals surface area contributed by atoms with E-state index >= 15 is 0 Å². The molecular weight excluding hydrogens is 254 g/mol. The molecule has 0 spiro atoms. The maximum Gasteiger partial charge on any atom is 0.122 e. The van der Waals surface area contributed by atoms with Crippen molar-refractivity contribution >= 4 is 23.4 Å². The number of aromatic nitrogens is 1. The number of benzene rings is 1. The molecule has 1 aromatic carbocycles. The van der Waals surface area contributed by atoms with Crippen LogP contribution in [-0.2, 0) is 0 Å². The van der Waals surface area contributed by atoms with Crippen LogP contribution in [0.4, 0.5) is 0 Å². The van der Waals surface area contributed by atoms with Crippen molar-refractivity contribution in [2.24, 2.45) is 0 Å². The van der Waals surface area contributed by atoms with Gasteiger partial charge in [0.15, 0.2) is 0 Å². The lowest BCUT2D eigenvalue weighted by molar-refractivity contribution is 0.414. The summed E-state index contributed by atoms with van der Waals surface area (Å²) < 4.78 is 5.20. The number of pyridine rings is 1. The van der Waals surface area contributed by atoms with E-state index in [1.165, 1.54) is 0 Å². The van der Waals surface area contributed by atoms with E-state index in [4.69, 9.17) is 16.3 Å². The van der Waals surface area contributed by atoms with Crippen molar-refractivity contribution in [2.45, 2.75) is 4.90 Å². The van der Waals surface area contributed by atoms with Crippen LogP contribution in [0.2, 0.25) is 5.02 Å². The molecule has 0 aliphatic carbocycles. The van der Waals surface area contributed by atoms with Crippen molar-refractivity contribution in [2.75, 3.05) is 13.4 Å². The highest BCUT2D eigenvalue weighted by Crippen LogP contribution is 2.35. The Morgan fingerprint density at radius 2 is 2.12 bits per heavy atom. The molecule has 88 valence electrons. The van der Waals surface area contributed by atoms with Crippen molar-refractivity contribution in [3.63, 3.8) is 0 Å². The summed E-state index contributed by atoms with van der Waals surface area (Å²) >= 11 is 7.79. The third-order valence-electron chi connectivity index (χ3n) is 2.41. The Balaban J connectivity index is 2.55. The topological polar surface area (TPSA) is 22.1 Å². The Labute approximate surface area is 110 Å². The molecule has 2 nitrogen and oxygen atoms in total. The normalized spacial score (nSPS) is 10.3. The highest BCUT2D eigenvalue weighted by Gasteiger charge is 2.09. The summed E-state index contributed by atoms with van der Waals surface area (Å²) in [5.74, 6) is 0.794. The quantitative estimate of drug-likeness (QED) is 0.779. The molecule has 17 heavy (non-hydrogen) atoms. The summed E-state index contributed by atoms with van der Waals surface area (Å²) in [6, 6.07) is 9.56. The summed E-state index contributed by atoms with van der Waals surface area (Å²) in [6.07, 6.45) is 3.74. The SMILES string of the molecule is COc1ccnc(-c2cccc(Cl)c2SC)c1. The van der Waals surface area contributed by atoms with E-state index in [9.17, 15) is 0 Å². The first-order valence-electron chi connectivity index (χ1n) is 5.09. The lowest BCUT2D eigenvalue weighted by atomic mass is 10.1. The Hall–Kier alpha value is -1.19. The van der Waals surface area contributed by atoms with Gasteiger partial charge in [-0.15, -0.1) is 11.8 Å². The van der Waals surface area contributed by atoms with Gasteiger partial charge in [-0.1, -0.05) is 23.7 Å². The predicted molar refractivity (Wildman–Crippen MR) is 73.0 cm³/mol. The summed E-state index contributed by atoms with van der Waals surface area (Å²) in [6.45, 7) is 0. The van der Waals surface area contributed by atoms with Gasteiger partial charge >= 0.3 is 0 Å². The minimum atomic E-state index is 0.750. The predicted octanol–water partition coefficient (Wildman–Crippen LogP) is 4.13. The van der Waals surface area contributed by atoms with E-state index in [1.54, 1.807) is 25.1 Å². The third kappa shape index (κ3) is 2.56. The zero-order valence-electron chi connectivity index (χ0n) is 9.61. The molecule has 4 heteroatoms. The zero-order valence-corrected chi connectivity index (χ0v) is 11.2. The maximum absolute atomic E-state index is 6.17. The number of thioether (sulfide) groups is 1. The lowest BCUT2D eigenvalue weighted by Crippen LogP contribution is -1.89. The van der Waals surface area contributed by atoms with Gasteiger partial charge in [-0.2, -0.15) is 0 Å². The van der Waals surface area contributed by atoms with Crippen molar-refractivity contribution < 1.29 is 4.74 Å². The molecule has 0 aliphatic heterocycles. The first-order valence-corrected chi connectivity index (χ1v) is 6.69. The van der Waals surface area contributed by atoms with Gasteiger partial charge in [0.25, 0.3) is 0 Å². The van der Waals surface area contributed by atoms with E-state index in [2.05, 4.69) is 4.98 Å². The van der Waals surface area contributed by atoms with Crippen LogP contribution in [0, 0.1) is 0 Å². The molecule has 0 radical (unpaired) electrons. The number of ether oxygens (including phenoxy) is 1. The Bertz CT molecular complexity index is 531. The van der Waals surface area contributed by atoms with Gasteiger partial charge in [0.2, 0.25) is 0 Å². The molecule has 0 N–H and O–H groups in total. The number of rotatable bonds is 3. The van der Waals surface area contributed by atoms with Crippen LogP contribution in [0.15, 0.2) is 41.4 Å². The largest absolute Gasteiger partial charge is 0.497 e. The second-order valence-corrected chi connectivity index (χ2v) is 4.63. The maximum atomic E-state index is 6.17. The van der Waals surface area contributed by atoms with Gasteiger partial charge in [0.05, 0.1) is 17.8 Å². The molecular formula is C13H12ClNOS. The van der Waals surface area contributed by atoms with Gasteiger partial charge < -0.3 is 4.74 Å². The highest BCUT2D eigenvalue weighted by atomic mass is 35.5. The molecule has 2 rings (SSSR count). The zero-order chi connectivity index (χ0) is 12.3. The lowest BCUT2D eigenvalue weighted by Gasteiger charge is -2.09.